The number of anilines is 1. The average molecular weight is 564 g/mol. The van der Waals surface area contributed by atoms with Crippen LogP contribution in [-0.2, 0) is 19.4 Å². The maximum atomic E-state index is 13.2. The predicted molar refractivity (Wildman–Crippen MR) is 131 cm³/mol. The van der Waals surface area contributed by atoms with Crippen molar-refractivity contribution in [1.82, 2.24) is 29.6 Å². The van der Waals surface area contributed by atoms with Gasteiger partial charge in [-0.1, -0.05) is 22.9 Å². The number of nitrogens with one attached hydrogen (secondary N) is 1. The summed E-state index contributed by atoms with van der Waals surface area (Å²) in [5.74, 6) is -0.646. The van der Waals surface area contributed by atoms with Gasteiger partial charge in [-0.25, -0.2) is 9.97 Å². The summed E-state index contributed by atoms with van der Waals surface area (Å²) >= 11 is 7.26. The van der Waals surface area contributed by atoms with Crippen LogP contribution in [0.25, 0.3) is 11.1 Å². The summed E-state index contributed by atoms with van der Waals surface area (Å²) < 4.78 is 43.5. The Morgan fingerprint density at radius 2 is 1.92 bits per heavy atom. The van der Waals surface area contributed by atoms with Crippen molar-refractivity contribution in [2.45, 2.75) is 26.3 Å². The van der Waals surface area contributed by atoms with E-state index in [1.807, 2.05) is 0 Å². The highest BCUT2D eigenvalue weighted by atomic mass is 35.5. The van der Waals surface area contributed by atoms with E-state index in [1.165, 1.54) is 35.7 Å². The van der Waals surface area contributed by atoms with Crippen LogP contribution in [0.1, 0.15) is 37.0 Å². The first-order valence-corrected chi connectivity index (χ1v) is 12.1. The molecule has 15 heteroatoms. The zero-order chi connectivity index (χ0) is 27.2. The number of rotatable bonds is 5. The van der Waals surface area contributed by atoms with E-state index in [9.17, 15) is 22.8 Å². The number of pyridine rings is 2. The van der Waals surface area contributed by atoms with Crippen molar-refractivity contribution in [3.8, 4) is 16.9 Å². The van der Waals surface area contributed by atoms with E-state index in [0.717, 1.165) is 6.20 Å². The Balaban J connectivity index is 1.33. The lowest BCUT2D eigenvalue weighted by Gasteiger charge is -2.14. The summed E-state index contributed by atoms with van der Waals surface area (Å²) in [5, 5.41) is 6.50. The molecule has 0 aromatic carbocycles. The predicted octanol–water partition coefficient (Wildman–Crippen LogP) is 4.65. The monoisotopic (exact) mass is 563 g/mol. The molecule has 0 saturated carbocycles. The summed E-state index contributed by atoms with van der Waals surface area (Å²) in [4.78, 5) is 40.6. The average Bonchev–Trinajstić information content (AvgIpc) is 3.58. The number of hydrogen-bond acceptors (Lipinski definition) is 8. The van der Waals surface area contributed by atoms with Gasteiger partial charge in [0.1, 0.15) is 10.9 Å². The molecule has 4 aromatic heterocycles. The fourth-order valence-electron chi connectivity index (χ4n) is 3.91. The highest BCUT2D eigenvalue weighted by Gasteiger charge is 2.34. The van der Waals surface area contributed by atoms with Crippen LogP contribution >= 0.6 is 22.9 Å². The number of carbonyl (C=O) groups excluding carboxylic acids is 2. The van der Waals surface area contributed by atoms with Gasteiger partial charge in [0.15, 0.2) is 5.13 Å². The smallest absolute Gasteiger partial charge is 0.494 e. The molecule has 1 aliphatic heterocycles. The summed E-state index contributed by atoms with van der Waals surface area (Å²) in [6, 6.07) is 3.32. The van der Waals surface area contributed by atoms with Gasteiger partial charge in [0.2, 0.25) is 0 Å². The Hall–Kier alpha value is -4.04. The zero-order valence-electron chi connectivity index (χ0n) is 19.7. The fourth-order valence-corrected chi connectivity index (χ4v) is 5.05. The van der Waals surface area contributed by atoms with Gasteiger partial charge in [-0.2, -0.15) is 9.78 Å². The lowest BCUT2D eigenvalue weighted by Crippen LogP contribution is -2.25. The van der Waals surface area contributed by atoms with Gasteiger partial charge in [-0.15, -0.1) is 13.2 Å². The van der Waals surface area contributed by atoms with Crippen molar-refractivity contribution in [1.29, 1.82) is 0 Å². The molecular formula is C23H17ClF3N7O3S. The number of hydrogen-bond donors (Lipinski definition) is 1. The minimum absolute atomic E-state index is 0.0851. The number of fused-ring (bicyclic) bond motifs is 1. The maximum absolute atomic E-state index is 13.2. The van der Waals surface area contributed by atoms with Gasteiger partial charge >= 0.3 is 6.30 Å². The third-order valence-corrected chi connectivity index (χ3v) is 6.88. The Labute approximate surface area is 222 Å². The highest BCUT2D eigenvalue weighted by molar-refractivity contribution is 7.16. The van der Waals surface area contributed by atoms with Crippen molar-refractivity contribution in [3.63, 3.8) is 0 Å². The van der Waals surface area contributed by atoms with Crippen LogP contribution in [0.2, 0.25) is 5.15 Å². The summed E-state index contributed by atoms with van der Waals surface area (Å²) in [7, 11) is 1.48. The molecule has 1 aliphatic rings. The van der Waals surface area contributed by atoms with E-state index in [0.29, 0.717) is 44.5 Å². The maximum Gasteiger partial charge on any atom is 0.504 e. The van der Waals surface area contributed by atoms with Crippen LogP contribution in [-0.4, -0.2) is 48.6 Å². The summed E-state index contributed by atoms with van der Waals surface area (Å²) in [6.45, 7) is 2.01. The molecule has 4 aromatic rings. The van der Waals surface area contributed by atoms with Crippen LogP contribution in [0, 0.1) is 6.92 Å². The fraction of sp³-hybridized carbons (Fsp3) is 0.217. The van der Waals surface area contributed by atoms with Gasteiger partial charge in [0, 0.05) is 29.2 Å². The van der Waals surface area contributed by atoms with Gasteiger partial charge in [-0.05, 0) is 19.1 Å². The molecule has 0 bridgehead atoms. The molecule has 38 heavy (non-hydrogen) atoms. The van der Waals surface area contributed by atoms with Crippen molar-refractivity contribution in [2.24, 2.45) is 0 Å². The van der Waals surface area contributed by atoms with E-state index in [2.05, 4.69) is 25.4 Å². The molecule has 0 unspecified atom stereocenters. The standard InChI is InChI=1S/C23H17ClF3N7O3S/c1-11-3-13(14-4-19(24)29-7-17(14)37-2)15(6-28-11)20(35)32-22-31-16-9-33(10-18(16)38-22)21(36)12-5-30-34(8-12)23(25,26)27/h3-8H,9-10H2,1-2H3,(H,31,32,35). The number of aryl methyl sites for hydroxylation is 1. The Morgan fingerprint density at radius 3 is 2.61 bits per heavy atom. The molecular weight excluding hydrogens is 547 g/mol. The molecule has 0 radical (unpaired) electrons. The Kier molecular flexibility index (Phi) is 6.53. The van der Waals surface area contributed by atoms with Crippen molar-refractivity contribution in [2.75, 3.05) is 12.4 Å². The summed E-state index contributed by atoms with van der Waals surface area (Å²) in [6.07, 6.45) is -0.290. The van der Waals surface area contributed by atoms with E-state index >= 15 is 0 Å². The quantitative estimate of drug-likeness (QED) is 0.351. The zero-order valence-corrected chi connectivity index (χ0v) is 21.3. The third kappa shape index (κ3) is 4.91. The molecule has 0 fully saturated rings. The molecule has 5 rings (SSSR count). The number of alkyl halides is 3. The largest absolute Gasteiger partial charge is 0.504 e. The molecule has 0 spiro atoms. The number of amides is 2. The molecule has 0 saturated heterocycles. The first-order valence-electron chi connectivity index (χ1n) is 10.9. The Bertz CT molecular complexity index is 1550. The van der Waals surface area contributed by atoms with E-state index in [-0.39, 0.29) is 34.1 Å². The SMILES string of the molecule is COc1cnc(Cl)cc1-c1cc(C)ncc1C(=O)Nc1nc2c(s1)CN(C(=O)c1cnn(C(F)(F)F)c1)C2. The second-order valence-corrected chi connectivity index (χ2v) is 9.70. The van der Waals surface area contributed by atoms with Crippen molar-refractivity contribution in [3.05, 3.63) is 69.5 Å². The Morgan fingerprint density at radius 1 is 1.13 bits per heavy atom. The second kappa shape index (κ2) is 9.68. The van der Waals surface area contributed by atoms with Gasteiger partial charge in [0.05, 0.1) is 54.3 Å². The number of ether oxygens (including phenoxy) is 1. The number of methoxy groups -OCH3 is 1. The molecule has 2 amide bonds. The van der Waals surface area contributed by atoms with E-state index in [4.69, 9.17) is 16.3 Å². The van der Waals surface area contributed by atoms with Crippen molar-refractivity contribution < 1.29 is 27.5 Å². The molecule has 196 valence electrons. The molecule has 1 N–H and O–H groups in total. The topological polar surface area (TPSA) is 115 Å². The molecule has 5 heterocycles. The normalized spacial score (nSPS) is 12.9. The number of thiazole rings is 1. The third-order valence-electron chi connectivity index (χ3n) is 5.68. The van der Waals surface area contributed by atoms with Gasteiger partial charge in [0.25, 0.3) is 11.8 Å². The van der Waals surface area contributed by atoms with Crippen LogP contribution in [0.15, 0.2) is 36.9 Å². The lowest BCUT2D eigenvalue weighted by atomic mass is 10.0. The lowest BCUT2D eigenvalue weighted by molar-refractivity contribution is -0.212. The molecule has 0 aliphatic carbocycles. The van der Waals surface area contributed by atoms with Gasteiger partial charge in [-0.3, -0.25) is 19.9 Å². The van der Waals surface area contributed by atoms with Crippen molar-refractivity contribution >= 4 is 39.9 Å². The molecule has 0 atom stereocenters. The number of carbonyl (C=O) groups is 2. The second-order valence-electron chi connectivity index (χ2n) is 8.22. The summed E-state index contributed by atoms with van der Waals surface area (Å²) in [5.41, 5.74) is 2.39. The number of aromatic nitrogens is 5. The number of halogens is 4. The number of nitrogens with zero attached hydrogens (tertiary/aromatic N) is 6. The van der Waals surface area contributed by atoms with Gasteiger partial charge < -0.3 is 9.64 Å². The van der Waals surface area contributed by atoms with E-state index < -0.39 is 18.1 Å². The van der Waals surface area contributed by atoms with E-state index in [1.54, 1.807) is 19.1 Å². The highest BCUT2D eigenvalue weighted by Crippen LogP contribution is 2.36. The minimum atomic E-state index is -4.71. The van der Waals surface area contributed by atoms with Crippen LogP contribution < -0.4 is 10.1 Å². The minimum Gasteiger partial charge on any atom is -0.494 e. The van der Waals surface area contributed by atoms with Crippen LogP contribution in [0.4, 0.5) is 18.3 Å². The first-order chi connectivity index (χ1) is 18.0. The molecule has 10 nitrogen and oxygen atoms in total. The van der Waals surface area contributed by atoms with Crippen LogP contribution in [0.3, 0.4) is 0 Å². The van der Waals surface area contributed by atoms with Crippen LogP contribution in [0.5, 0.6) is 5.75 Å². The first kappa shape index (κ1) is 25.6.